The number of carbonyl (C=O) groups is 1. The lowest BCUT2D eigenvalue weighted by Crippen LogP contribution is -2.48. The number of amides is 1. The van der Waals surface area contributed by atoms with E-state index in [0.29, 0.717) is 18.1 Å². The van der Waals surface area contributed by atoms with Crippen molar-refractivity contribution >= 4 is 29.0 Å². The first-order chi connectivity index (χ1) is 11.1. The van der Waals surface area contributed by atoms with Gasteiger partial charge < -0.3 is 14.7 Å². The van der Waals surface area contributed by atoms with E-state index in [1.807, 2.05) is 24.3 Å². The zero-order chi connectivity index (χ0) is 16.2. The van der Waals surface area contributed by atoms with Crippen LogP contribution in [-0.2, 0) is 4.79 Å². The number of hydrogen-bond acceptors (Lipinski definition) is 5. The van der Waals surface area contributed by atoms with E-state index >= 15 is 0 Å². The summed E-state index contributed by atoms with van der Waals surface area (Å²) in [5.41, 5.74) is 1.16. The molecular weight excluding hydrogens is 316 g/mol. The predicted octanol–water partition coefficient (Wildman–Crippen LogP) is 2.40. The Hall–Kier alpha value is -2.05. The Kier molecular flexibility index (Phi) is 4.83. The zero-order valence-electron chi connectivity index (χ0n) is 13.0. The Morgan fingerprint density at radius 2 is 1.96 bits per heavy atom. The molecule has 0 aliphatic carbocycles. The molecule has 1 N–H and O–H groups in total. The number of anilines is 2. The van der Waals surface area contributed by atoms with Crippen molar-refractivity contribution in [3.63, 3.8) is 0 Å². The summed E-state index contributed by atoms with van der Waals surface area (Å²) in [6.45, 7) is 5.61. The van der Waals surface area contributed by atoms with Crippen LogP contribution in [0.3, 0.4) is 0 Å². The van der Waals surface area contributed by atoms with E-state index in [-0.39, 0.29) is 5.91 Å². The highest BCUT2D eigenvalue weighted by Gasteiger charge is 2.19. The molecule has 0 bridgehead atoms. The van der Waals surface area contributed by atoms with E-state index in [2.05, 4.69) is 20.3 Å². The monoisotopic (exact) mass is 334 g/mol. The molecule has 0 saturated carbocycles. The lowest BCUT2D eigenvalue weighted by molar-refractivity contribution is -0.117. The van der Waals surface area contributed by atoms with Crippen LogP contribution in [0.1, 0.15) is 5.76 Å². The largest absolute Gasteiger partial charge is 0.369 e. The first-order valence-corrected chi connectivity index (χ1v) is 7.94. The van der Waals surface area contributed by atoms with Crippen LogP contribution in [0, 0.1) is 6.92 Å². The maximum absolute atomic E-state index is 12.0. The summed E-state index contributed by atoms with van der Waals surface area (Å²) < 4.78 is 4.93. The van der Waals surface area contributed by atoms with Gasteiger partial charge in [0.25, 0.3) is 0 Å². The van der Waals surface area contributed by atoms with E-state index in [4.69, 9.17) is 16.1 Å². The quantitative estimate of drug-likeness (QED) is 0.930. The molecule has 6 nitrogen and oxygen atoms in total. The average molecular weight is 335 g/mol. The van der Waals surface area contributed by atoms with E-state index in [1.165, 1.54) is 0 Å². The maximum Gasteiger partial charge on any atom is 0.239 e. The molecular formula is C16H19ClN4O2. The van der Waals surface area contributed by atoms with Gasteiger partial charge in [-0.05, 0) is 31.2 Å². The number of carbonyl (C=O) groups excluding carboxylic acids is 1. The highest BCUT2D eigenvalue weighted by molar-refractivity contribution is 6.30. The second-order valence-corrected chi connectivity index (χ2v) is 6.05. The van der Waals surface area contributed by atoms with Crippen molar-refractivity contribution < 1.29 is 9.32 Å². The topological polar surface area (TPSA) is 61.6 Å². The Morgan fingerprint density at radius 3 is 2.57 bits per heavy atom. The number of hydrogen-bond donors (Lipinski definition) is 1. The standard InChI is InChI=1S/C16H19ClN4O2/c1-12-10-15(19-23-12)18-16(22)11-20-6-8-21(9-7-20)14-4-2-13(17)3-5-14/h2-5,10H,6-9,11H2,1H3,(H,18,19,22). The lowest BCUT2D eigenvalue weighted by atomic mass is 10.2. The highest BCUT2D eigenvalue weighted by atomic mass is 35.5. The molecule has 0 unspecified atom stereocenters. The molecule has 1 aliphatic heterocycles. The average Bonchev–Trinajstić information content (AvgIpc) is 2.94. The first-order valence-electron chi connectivity index (χ1n) is 7.56. The molecule has 0 spiro atoms. The molecule has 7 heteroatoms. The Bertz CT molecular complexity index is 663. The van der Waals surface area contributed by atoms with Gasteiger partial charge in [0.1, 0.15) is 5.76 Å². The fourth-order valence-corrected chi connectivity index (χ4v) is 2.75. The number of nitrogens with one attached hydrogen (secondary N) is 1. The summed E-state index contributed by atoms with van der Waals surface area (Å²) in [6, 6.07) is 9.55. The number of halogens is 1. The van der Waals surface area contributed by atoms with Gasteiger partial charge in [0.2, 0.25) is 5.91 Å². The number of benzene rings is 1. The zero-order valence-corrected chi connectivity index (χ0v) is 13.7. The third-order valence-electron chi connectivity index (χ3n) is 3.83. The van der Waals surface area contributed by atoms with E-state index < -0.39 is 0 Å². The van der Waals surface area contributed by atoms with Gasteiger partial charge in [-0.3, -0.25) is 9.69 Å². The van der Waals surface area contributed by atoms with Gasteiger partial charge in [-0.25, -0.2) is 0 Å². The molecule has 1 saturated heterocycles. The van der Waals surface area contributed by atoms with E-state index in [0.717, 1.165) is 36.9 Å². The van der Waals surface area contributed by atoms with Crippen LogP contribution in [0.2, 0.25) is 5.02 Å². The van der Waals surface area contributed by atoms with Crippen molar-refractivity contribution in [1.82, 2.24) is 10.1 Å². The van der Waals surface area contributed by atoms with Crippen LogP contribution in [0.4, 0.5) is 11.5 Å². The minimum absolute atomic E-state index is 0.0711. The molecule has 2 aromatic rings. The van der Waals surface area contributed by atoms with Crippen molar-refractivity contribution in [2.24, 2.45) is 0 Å². The molecule has 0 radical (unpaired) electrons. The fourth-order valence-electron chi connectivity index (χ4n) is 2.63. The number of piperazine rings is 1. The maximum atomic E-state index is 12.0. The summed E-state index contributed by atoms with van der Waals surface area (Å²) in [4.78, 5) is 16.4. The summed E-state index contributed by atoms with van der Waals surface area (Å²) in [6.07, 6.45) is 0. The molecule has 122 valence electrons. The van der Waals surface area contributed by atoms with Gasteiger partial charge in [-0.15, -0.1) is 0 Å². The van der Waals surface area contributed by atoms with Gasteiger partial charge in [0, 0.05) is 43.0 Å². The Balaban J connectivity index is 1.47. The van der Waals surface area contributed by atoms with Gasteiger partial charge in [0.15, 0.2) is 5.82 Å². The first kappa shape index (κ1) is 15.8. The smallest absolute Gasteiger partial charge is 0.239 e. The third kappa shape index (κ3) is 4.24. The molecule has 1 amide bonds. The lowest BCUT2D eigenvalue weighted by Gasteiger charge is -2.35. The van der Waals surface area contributed by atoms with Crippen molar-refractivity contribution in [3.05, 3.63) is 41.1 Å². The van der Waals surface area contributed by atoms with Crippen molar-refractivity contribution in [2.75, 3.05) is 42.9 Å². The molecule has 1 aromatic heterocycles. The highest BCUT2D eigenvalue weighted by Crippen LogP contribution is 2.19. The minimum Gasteiger partial charge on any atom is -0.369 e. The van der Waals surface area contributed by atoms with Crippen LogP contribution >= 0.6 is 11.6 Å². The van der Waals surface area contributed by atoms with Crippen LogP contribution in [0.5, 0.6) is 0 Å². The number of nitrogens with zero attached hydrogens (tertiary/aromatic N) is 3. The second kappa shape index (κ2) is 7.02. The van der Waals surface area contributed by atoms with Gasteiger partial charge in [0.05, 0.1) is 6.54 Å². The number of aryl methyl sites for hydroxylation is 1. The van der Waals surface area contributed by atoms with E-state index in [9.17, 15) is 4.79 Å². The van der Waals surface area contributed by atoms with Crippen molar-refractivity contribution in [3.8, 4) is 0 Å². The molecule has 1 fully saturated rings. The van der Waals surface area contributed by atoms with Gasteiger partial charge >= 0.3 is 0 Å². The normalized spacial score (nSPS) is 15.7. The Morgan fingerprint density at radius 1 is 1.26 bits per heavy atom. The molecule has 1 aromatic carbocycles. The molecule has 23 heavy (non-hydrogen) atoms. The van der Waals surface area contributed by atoms with E-state index in [1.54, 1.807) is 13.0 Å². The summed E-state index contributed by atoms with van der Waals surface area (Å²) >= 11 is 5.92. The molecule has 2 heterocycles. The van der Waals surface area contributed by atoms with Gasteiger partial charge in [-0.1, -0.05) is 16.8 Å². The third-order valence-corrected chi connectivity index (χ3v) is 4.08. The summed E-state index contributed by atoms with van der Waals surface area (Å²) in [7, 11) is 0. The SMILES string of the molecule is Cc1cc(NC(=O)CN2CCN(c3ccc(Cl)cc3)CC2)no1. The summed E-state index contributed by atoms with van der Waals surface area (Å²) in [5.74, 6) is 1.07. The molecule has 1 aliphatic rings. The molecule has 3 rings (SSSR count). The minimum atomic E-state index is -0.0711. The van der Waals surface area contributed by atoms with Crippen molar-refractivity contribution in [2.45, 2.75) is 6.92 Å². The fraction of sp³-hybridized carbons (Fsp3) is 0.375. The number of rotatable bonds is 4. The van der Waals surface area contributed by atoms with Crippen molar-refractivity contribution in [1.29, 1.82) is 0 Å². The molecule has 0 atom stereocenters. The van der Waals surface area contributed by atoms with Crippen LogP contribution in [-0.4, -0.2) is 48.7 Å². The number of aromatic nitrogens is 1. The van der Waals surface area contributed by atoms with Crippen LogP contribution < -0.4 is 10.2 Å². The predicted molar refractivity (Wildman–Crippen MR) is 90.0 cm³/mol. The van der Waals surface area contributed by atoms with Gasteiger partial charge in [-0.2, -0.15) is 0 Å². The Labute approximate surface area is 140 Å². The second-order valence-electron chi connectivity index (χ2n) is 5.61. The summed E-state index contributed by atoms with van der Waals surface area (Å²) in [5, 5.41) is 7.25. The van der Waals surface area contributed by atoms with Crippen LogP contribution in [0.25, 0.3) is 0 Å². The van der Waals surface area contributed by atoms with Crippen LogP contribution in [0.15, 0.2) is 34.9 Å².